The molecule has 0 radical (unpaired) electrons. The topological polar surface area (TPSA) is 26.0 Å². The molecule has 0 amide bonds. The Morgan fingerprint density at radius 3 is 2.11 bits per heavy atom. The Balaban J connectivity index is 1.98. The van der Waals surface area contributed by atoms with E-state index >= 15 is 0 Å². The molecule has 0 spiro atoms. The number of unbranched alkanes of at least 4 members (excludes halogenated alkanes) is 7. The molecule has 3 unspecified atom stereocenters. The average Bonchev–Trinajstić information content (AvgIpc) is 2.43. The van der Waals surface area contributed by atoms with Gasteiger partial charge in [-0.05, 0) is 37.5 Å². The molecule has 0 aromatic rings. The normalized spacial score (nSPS) is 27.6. The molecular weight excluding hydrogens is 230 g/mol. The molecule has 1 nitrogen and oxygen atoms in total. The smallest absolute Gasteiger partial charge is 0.00673 e. The van der Waals surface area contributed by atoms with E-state index in [1.54, 1.807) is 0 Å². The molecule has 2 N–H and O–H groups in total. The van der Waals surface area contributed by atoms with E-state index in [0.717, 1.165) is 11.8 Å². The summed E-state index contributed by atoms with van der Waals surface area (Å²) in [6.45, 7) is 4.63. The molecule has 1 fully saturated rings. The van der Waals surface area contributed by atoms with E-state index in [-0.39, 0.29) is 0 Å². The van der Waals surface area contributed by atoms with Gasteiger partial charge >= 0.3 is 0 Å². The summed E-state index contributed by atoms with van der Waals surface area (Å²) in [6, 6.07) is 0.507. The first-order chi connectivity index (χ1) is 9.27. The van der Waals surface area contributed by atoms with Gasteiger partial charge in [0.2, 0.25) is 0 Å². The Hall–Kier alpha value is -0.0400. The van der Waals surface area contributed by atoms with E-state index in [1.165, 1.54) is 83.5 Å². The molecular formula is C18H37N. The van der Waals surface area contributed by atoms with Crippen molar-refractivity contribution in [2.45, 2.75) is 103 Å². The zero-order valence-electron chi connectivity index (χ0n) is 13.5. The first kappa shape index (κ1) is 17.0. The Kier molecular flexibility index (Phi) is 9.59. The van der Waals surface area contributed by atoms with Crippen LogP contribution in [0.15, 0.2) is 0 Å². The lowest BCUT2D eigenvalue weighted by Crippen LogP contribution is -2.36. The van der Waals surface area contributed by atoms with E-state index in [9.17, 15) is 0 Å². The molecule has 1 saturated carbocycles. The standard InChI is InChI=1S/C18H37N/c1-3-5-6-7-8-9-10-11-12-17-15-16(4-2)13-14-18(17)19/h16-18H,3-15,19H2,1-2H3. The van der Waals surface area contributed by atoms with Crippen LogP contribution in [-0.4, -0.2) is 6.04 Å². The number of nitrogens with two attached hydrogens (primary N) is 1. The highest BCUT2D eigenvalue weighted by Gasteiger charge is 2.26. The summed E-state index contributed by atoms with van der Waals surface area (Å²) in [4.78, 5) is 0. The van der Waals surface area contributed by atoms with Crippen molar-refractivity contribution in [1.82, 2.24) is 0 Å². The Bertz CT molecular complexity index is 202. The third-order valence-corrected chi connectivity index (χ3v) is 5.16. The van der Waals surface area contributed by atoms with Gasteiger partial charge in [0.15, 0.2) is 0 Å². The molecule has 0 aromatic carbocycles. The number of rotatable bonds is 10. The predicted octanol–water partition coefficient (Wildman–Crippen LogP) is 5.67. The van der Waals surface area contributed by atoms with Gasteiger partial charge in [-0.1, -0.05) is 71.6 Å². The van der Waals surface area contributed by atoms with Crippen LogP contribution in [0.1, 0.15) is 97.3 Å². The van der Waals surface area contributed by atoms with Crippen molar-refractivity contribution in [2.75, 3.05) is 0 Å². The van der Waals surface area contributed by atoms with E-state index in [2.05, 4.69) is 13.8 Å². The van der Waals surface area contributed by atoms with Crippen molar-refractivity contribution < 1.29 is 0 Å². The lowest BCUT2D eigenvalue weighted by molar-refractivity contribution is 0.213. The van der Waals surface area contributed by atoms with Gasteiger partial charge in [-0.2, -0.15) is 0 Å². The predicted molar refractivity (Wildman–Crippen MR) is 86.3 cm³/mol. The van der Waals surface area contributed by atoms with Gasteiger partial charge in [0, 0.05) is 6.04 Å². The van der Waals surface area contributed by atoms with Gasteiger partial charge in [-0.25, -0.2) is 0 Å². The molecule has 1 aliphatic carbocycles. The third kappa shape index (κ3) is 7.34. The fourth-order valence-electron chi connectivity index (χ4n) is 3.63. The van der Waals surface area contributed by atoms with Crippen molar-refractivity contribution >= 4 is 0 Å². The zero-order chi connectivity index (χ0) is 13.9. The maximum absolute atomic E-state index is 6.29. The van der Waals surface area contributed by atoms with Gasteiger partial charge in [0.25, 0.3) is 0 Å². The summed E-state index contributed by atoms with van der Waals surface area (Å²) in [7, 11) is 0. The summed E-state index contributed by atoms with van der Waals surface area (Å²) in [6.07, 6.45) is 18.3. The Morgan fingerprint density at radius 2 is 1.47 bits per heavy atom. The van der Waals surface area contributed by atoms with Crippen molar-refractivity contribution in [3.05, 3.63) is 0 Å². The van der Waals surface area contributed by atoms with Crippen LogP contribution in [0.25, 0.3) is 0 Å². The molecule has 3 atom stereocenters. The number of hydrogen-bond donors (Lipinski definition) is 1. The lowest BCUT2D eigenvalue weighted by Gasteiger charge is -2.33. The molecule has 0 bridgehead atoms. The van der Waals surface area contributed by atoms with Gasteiger partial charge in [0.1, 0.15) is 0 Å². The second-order valence-corrected chi connectivity index (χ2v) is 6.77. The molecule has 0 saturated heterocycles. The first-order valence-corrected chi connectivity index (χ1v) is 9.03. The van der Waals surface area contributed by atoms with Crippen LogP contribution in [-0.2, 0) is 0 Å². The molecule has 19 heavy (non-hydrogen) atoms. The SMILES string of the molecule is CCCCCCCCCCC1CC(CC)CCC1N. The summed E-state index contributed by atoms with van der Waals surface area (Å²) < 4.78 is 0. The van der Waals surface area contributed by atoms with Crippen LogP contribution in [0, 0.1) is 11.8 Å². The van der Waals surface area contributed by atoms with E-state index in [4.69, 9.17) is 5.73 Å². The minimum Gasteiger partial charge on any atom is -0.327 e. The summed E-state index contributed by atoms with van der Waals surface area (Å²) in [5, 5.41) is 0. The largest absolute Gasteiger partial charge is 0.327 e. The maximum Gasteiger partial charge on any atom is 0.00673 e. The quantitative estimate of drug-likeness (QED) is 0.507. The van der Waals surface area contributed by atoms with Crippen molar-refractivity contribution in [3.63, 3.8) is 0 Å². The average molecular weight is 268 g/mol. The van der Waals surface area contributed by atoms with Crippen molar-refractivity contribution in [3.8, 4) is 0 Å². The molecule has 0 heterocycles. The van der Waals surface area contributed by atoms with Gasteiger partial charge in [0.05, 0.1) is 0 Å². The van der Waals surface area contributed by atoms with Gasteiger partial charge < -0.3 is 5.73 Å². The summed E-state index contributed by atoms with van der Waals surface area (Å²) in [5.41, 5.74) is 6.29. The maximum atomic E-state index is 6.29. The highest BCUT2D eigenvalue weighted by Crippen LogP contribution is 2.33. The molecule has 0 aromatic heterocycles. The van der Waals surface area contributed by atoms with Gasteiger partial charge in [-0.15, -0.1) is 0 Å². The van der Waals surface area contributed by atoms with Crippen LogP contribution >= 0.6 is 0 Å². The summed E-state index contributed by atoms with van der Waals surface area (Å²) in [5.74, 6) is 1.80. The van der Waals surface area contributed by atoms with Crippen LogP contribution in [0.2, 0.25) is 0 Å². The van der Waals surface area contributed by atoms with E-state index in [1.807, 2.05) is 0 Å². The fraction of sp³-hybridized carbons (Fsp3) is 1.00. The molecule has 114 valence electrons. The fourth-order valence-corrected chi connectivity index (χ4v) is 3.63. The highest BCUT2D eigenvalue weighted by molar-refractivity contribution is 4.81. The zero-order valence-corrected chi connectivity index (χ0v) is 13.5. The Labute approximate surface area is 121 Å². The van der Waals surface area contributed by atoms with Crippen molar-refractivity contribution in [2.24, 2.45) is 17.6 Å². The van der Waals surface area contributed by atoms with E-state index in [0.29, 0.717) is 6.04 Å². The van der Waals surface area contributed by atoms with Crippen LogP contribution in [0.5, 0.6) is 0 Å². The van der Waals surface area contributed by atoms with Crippen LogP contribution < -0.4 is 5.73 Å². The number of hydrogen-bond acceptors (Lipinski definition) is 1. The molecule has 1 aliphatic rings. The minimum absolute atomic E-state index is 0.507. The molecule has 1 heteroatoms. The second kappa shape index (κ2) is 10.7. The van der Waals surface area contributed by atoms with Crippen molar-refractivity contribution in [1.29, 1.82) is 0 Å². The summed E-state index contributed by atoms with van der Waals surface area (Å²) >= 11 is 0. The minimum atomic E-state index is 0.507. The van der Waals surface area contributed by atoms with Gasteiger partial charge in [-0.3, -0.25) is 0 Å². The Morgan fingerprint density at radius 1 is 0.842 bits per heavy atom. The van der Waals surface area contributed by atoms with Crippen LogP contribution in [0.3, 0.4) is 0 Å². The highest BCUT2D eigenvalue weighted by atomic mass is 14.7. The first-order valence-electron chi connectivity index (χ1n) is 9.03. The molecule has 1 rings (SSSR count). The lowest BCUT2D eigenvalue weighted by atomic mass is 9.75. The van der Waals surface area contributed by atoms with E-state index < -0.39 is 0 Å². The monoisotopic (exact) mass is 267 g/mol. The molecule has 0 aliphatic heterocycles. The van der Waals surface area contributed by atoms with Crippen LogP contribution in [0.4, 0.5) is 0 Å². The third-order valence-electron chi connectivity index (χ3n) is 5.16. The second-order valence-electron chi connectivity index (χ2n) is 6.77.